The van der Waals surface area contributed by atoms with Gasteiger partial charge in [0.05, 0.1) is 11.6 Å². The molecule has 4 rings (SSSR count). The van der Waals surface area contributed by atoms with Gasteiger partial charge < -0.3 is 4.74 Å². The summed E-state index contributed by atoms with van der Waals surface area (Å²) in [7, 11) is 0. The van der Waals surface area contributed by atoms with Crippen LogP contribution in [0.4, 0.5) is 29.3 Å². The number of amides is 2. The third kappa shape index (κ3) is 4.83. The number of hydrogen-bond donors (Lipinski definition) is 0. The van der Waals surface area contributed by atoms with Crippen molar-refractivity contribution in [1.82, 2.24) is 0 Å². The summed E-state index contributed by atoms with van der Waals surface area (Å²) >= 11 is 12.2. The molecule has 0 radical (unpaired) electrons. The molecule has 2 atom stereocenters. The van der Waals surface area contributed by atoms with Crippen LogP contribution in [-0.4, -0.2) is 24.0 Å². The van der Waals surface area contributed by atoms with E-state index in [9.17, 15) is 18.0 Å². The average molecular weight is 539 g/mol. The molecule has 1 aliphatic heterocycles. The summed E-state index contributed by atoms with van der Waals surface area (Å²) in [6, 6.07) is 13.1. The molecule has 1 unspecified atom stereocenters. The van der Waals surface area contributed by atoms with Gasteiger partial charge in [0.15, 0.2) is 0 Å². The Balaban J connectivity index is 1.93. The first-order valence-electron chi connectivity index (χ1n) is 11.8. The van der Waals surface area contributed by atoms with Crippen molar-refractivity contribution < 1.29 is 22.7 Å². The number of carbonyl (C=O) groups is 1. The van der Waals surface area contributed by atoms with E-state index < -0.39 is 17.9 Å². The quantitative estimate of drug-likeness (QED) is 0.368. The molecule has 1 fully saturated rings. The van der Waals surface area contributed by atoms with Crippen molar-refractivity contribution in [2.45, 2.75) is 58.0 Å². The van der Waals surface area contributed by atoms with Crippen molar-refractivity contribution in [3.05, 3.63) is 82.1 Å². The van der Waals surface area contributed by atoms with E-state index in [0.29, 0.717) is 46.3 Å². The molecule has 2 amide bonds. The van der Waals surface area contributed by atoms with Crippen LogP contribution in [0.25, 0.3) is 0 Å². The second-order valence-corrected chi connectivity index (χ2v) is 9.96. The van der Waals surface area contributed by atoms with Crippen molar-refractivity contribution in [2.75, 3.05) is 9.80 Å². The SMILES string of the molecule is CCC1(CC)[C@@H](C2=CC(OC(F)(F)F)=CCC2C)N(c2ccc(Cl)cc2)C(=O)N1c1ccc(Cl)cc1. The predicted octanol–water partition coefficient (Wildman–Crippen LogP) is 8.75. The van der Waals surface area contributed by atoms with Crippen molar-refractivity contribution in [3.63, 3.8) is 0 Å². The minimum atomic E-state index is -4.81. The standard InChI is InChI=1S/C27H27Cl2F3N2O2/c1-4-26(5-2)24(23-16-22(15-6-17(23)3)36-27(30,31)32)33(20-11-7-18(28)8-12-20)25(35)34(26)21-13-9-19(29)10-14-21/h7-17,24H,4-6H2,1-3H3/t17?,24-/m1/s1. The van der Waals surface area contributed by atoms with E-state index in [2.05, 4.69) is 4.74 Å². The molecule has 36 heavy (non-hydrogen) atoms. The zero-order valence-corrected chi connectivity index (χ0v) is 21.7. The van der Waals surface area contributed by atoms with Gasteiger partial charge in [-0.1, -0.05) is 44.0 Å². The summed E-state index contributed by atoms with van der Waals surface area (Å²) in [6.45, 7) is 5.95. The highest BCUT2D eigenvalue weighted by atomic mass is 35.5. The molecule has 0 spiro atoms. The zero-order valence-electron chi connectivity index (χ0n) is 20.2. The molecule has 0 aromatic heterocycles. The largest absolute Gasteiger partial charge is 0.573 e. The highest BCUT2D eigenvalue weighted by molar-refractivity contribution is 6.31. The Kier molecular flexibility index (Phi) is 7.35. The first kappa shape index (κ1) is 26.4. The molecule has 1 saturated heterocycles. The molecule has 2 aliphatic rings. The van der Waals surface area contributed by atoms with Gasteiger partial charge in [0.1, 0.15) is 5.76 Å². The second-order valence-electron chi connectivity index (χ2n) is 9.09. The van der Waals surface area contributed by atoms with E-state index in [1.807, 2.05) is 20.8 Å². The van der Waals surface area contributed by atoms with Crippen LogP contribution in [0, 0.1) is 5.92 Å². The van der Waals surface area contributed by atoms with E-state index in [4.69, 9.17) is 23.2 Å². The van der Waals surface area contributed by atoms with Gasteiger partial charge in [-0.15, -0.1) is 13.2 Å². The number of allylic oxidation sites excluding steroid dienone is 2. The van der Waals surface area contributed by atoms with Crippen LogP contribution >= 0.6 is 23.2 Å². The lowest BCUT2D eigenvalue weighted by Gasteiger charge is -2.43. The van der Waals surface area contributed by atoms with Crippen LogP contribution in [0.3, 0.4) is 0 Å². The summed E-state index contributed by atoms with van der Waals surface area (Å²) in [5.41, 5.74) is 1.24. The van der Waals surface area contributed by atoms with E-state index in [1.165, 1.54) is 12.2 Å². The average Bonchev–Trinajstić information content (AvgIpc) is 3.09. The summed E-state index contributed by atoms with van der Waals surface area (Å²) < 4.78 is 43.6. The molecular weight excluding hydrogens is 512 g/mol. The Morgan fingerprint density at radius 2 is 1.50 bits per heavy atom. The van der Waals surface area contributed by atoms with Crippen LogP contribution < -0.4 is 9.80 Å². The van der Waals surface area contributed by atoms with Crippen LogP contribution in [0.5, 0.6) is 0 Å². The highest BCUT2D eigenvalue weighted by Gasteiger charge is 2.58. The van der Waals surface area contributed by atoms with E-state index in [1.54, 1.807) is 58.3 Å². The number of halogens is 5. The Hall–Kier alpha value is -2.64. The van der Waals surface area contributed by atoms with Gasteiger partial charge >= 0.3 is 12.4 Å². The minimum Gasteiger partial charge on any atom is -0.406 e. The van der Waals surface area contributed by atoms with Crippen LogP contribution in [0.1, 0.15) is 40.0 Å². The number of benzene rings is 2. The Morgan fingerprint density at radius 3 is 2.00 bits per heavy atom. The molecular formula is C27H27Cl2F3N2O2. The summed E-state index contributed by atoms with van der Waals surface area (Å²) in [4.78, 5) is 17.7. The van der Waals surface area contributed by atoms with Crippen molar-refractivity contribution in [3.8, 4) is 0 Å². The van der Waals surface area contributed by atoms with Gasteiger partial charge in [-0.2, -0.15) is 0 Å². The van der Waals surface area contributed by atoms with Gasteiger partial charge in [-0.25, -0.2) is 4.79 Å². The maximum Gasteiger partial charge on any atom is 0.573 e. The minimum absolute atomic E-state index is 0.110. The Labute approximate surface area is 218 Å². The summed E-state index contributed by atoms with van der Waals surface area (Å²) in [5, 5.41) is 1.06. The lowest BCUT2D eigenvalue weighted by atomic mass is 9.74. The molecule has 2 aromatic carbocycles. The molecule has 1 heterocycles. The van der Waals surface area contributed by atoms with Gasteiger partial charge in [0, 0.05) is 21.4 Å². The summed E-state index contributed by atoms with van der Waals surface area (Å²) in [6.07, 6.45) is -0.417. The van der Waals surface area contributed by atoms with Crippen molar-refractivity contribution >= 4 is 40.6 Å². The molecule has 0 saturated carbocycles. The monoisotopic (exact) mass is 538 g/mol. The highest BCUT2D eigenvalue weighted by Crippen LogP contribution is 2.49. The molecule has 4 nitrogen and oxygen atoms in total. The molecule has 1 aliphatic carbocycles. The molecule has 0 N–H and O–H groups in total. The molecule has 2 aromatic rings. The summed E-state index contributed by atoms with van der Waals surface area (Å²) in [5.74, 6) is -0.369. The fourth-order valence-corrected chi connectivity index (χ4v) is 5.60. The number of alkyl halides is 3. The second kappa shape index (κ2) is 10.0. The number of nitrogens with zero attached hydrogens (tertiary/aromatic N) is 2. The normalized spacial score (nSPS) is 21.9. The molecule has 192 valence electrons. The van der Waals surface area contributed by atoms with Crippen molar-refractivity contribution in [1.29, 1.82) is 0 Å². The van der Waals surface area contributed by atoms with Crippen LogP contribution in [-0.2, 0) is 4.74 Å². The third-order valence-corrected chi connectivity index (χ3v) is 7.63. The zero-order chi connectivity index (χ0) is 26.3. The molecule has 9 heteroatoms. The third-order valence-electron chi connectivity index (χ3n) is 7.12. The maximum absolute atomic E-state index is 14.2. The molecule has 0 bridgehead atoms. The number of hydrogen-bond acceptors (Lipinski definition) is 2. The smallest absolute Gasteiger partial charge is 0.406 e. The number of ether oxygens (including phenoxy) is 1. The lowest BCUT2D eigenvalue weighted by molar-refractivity contribution is -0.303. The lowest BCUT2D eigenvalue weighted by Crippen LogP contribution is -2.53. The first-order valence-corrected chi connectivity index (χ1v) is 12.6. The first-order chi connectivity index (χ1) is 17.0. The predicted molar refractivity (Wildman–Crippen MR) is 137 cm³/mol. The maximum atomic E-state index is 14.2. The number of carbonyl (C=O) groups excluding carboxylic acids is 1. The van der Waals surface area contributed by atoms with Crippen LogP contribution in [0.2, 0.25) is 10.0 Å². The van der Waals surface area contributed by atoms with E-state index in [-0.39, 0.29) is 17.7 Å². The Bertz CT molecular complexity index is 1170. The fraction of sp³-hybridized carbons (Fsp3) is 0.370. The fourth-order valence-electron chi connectivity index (χ4n) is 5.35. The van der Waals surface area contributed by atoms with Gasteiger partial charge in [-0.3, -0.25) is 9.80 Å². The number of anilines is 2. The van der Waals surface area contributed by atoms with Gasteiger partial charge in [0.25, 0.3) is 0 Å². The number of urea groups is 1. The van der Waals surface area contributed by atoms with Crippen LogP contribution in [0.15, 0.2) is 72.0 Å². The van der Waals surface area contributed by atoms with Crippen molar-refractivity contribution in [2.24, 2.45) is 5.92 Å². The van der Waals surface area contributed by atoms with E-state index >= 15 is 0 Å². The van der Waals surface area contributed by atoms with Gasteiger partial charge in [0.2, 0.25) is 0 Å². The van der Waals surface area contributed by atoms with E-state index in [0.717, 1.165) is 0 Å². The topological polar surface area (TPSA) is 32.8 Å². The van der Waals surface area contributed by atoms with Gasteiger partial charge in [-0.05, 0) is 91.4 Å². The number of rotatable bonds is 6. The Morgan fingerprint density at radius 1 is 0.972 bits per heavy atom.